The fourth-order valence-electron chi connectivity index (χ4n) is 4.23. The number of carbonyl (C=O) groups is 1. The van der Waals surface area contributed by atoms with Crippen LogP contribution in [0.5, 0.6) is 5.75 Å². The number of hydrogen-bond acceptors (Lipinski definition) is 5. The average molecular weight is 495 g/mol. The molecule has 8 nitrogen and oxygen atoms in total. The van der Waals surface area contributed by atoms with Crippen LogP contribution in [0.15, 0.2) is 65.6 Å². The molecule has 0 atom stereocenters. The van der Waals surface area contributed by atoms with Gasteiger partial charge in [-0.3, -0.25) is 9.48 Å². The standard InChI is InChI=1S/C26H30N4O4S/c1-20-26(21(2)30(27-20)19-23-7-5-4-6-8-23)35(32,33)29-17-15-28(16-18-29)25(31)14-11-22-9-12-24(34-3)13-10-22/h4-14H,15-19H2,1-3H3. The van der Waals surface area contributed by atoms with Crippen LogP contribution in [-0.2, 0) is 21.4 Å². The minimum absolute atomic E-state index is 0.138. The summed E-state index contributed by atoms with van der Waals surface area (Å²) in [6.07, 6.45) is 3.27. The Morgan fingerprint density at radius 2 is 1.66 bits per heavy atom. The molecular formula is C26H30N4O4S. The molecule has 2 aromatic carbocycles. The van der Waals surface area contributed by atoms with E-state index in [-0.39, 0.29) is 23.9 Å². The Kier molecular flexibility index (Phi) is 7.37. The van der Waals surface area contributed by atoms with Crippen molar-refractivity contribution in [1.82, 2.24) is 19.0 Å². The molecule has 0 N–H and O–H groups in total. The second-order valence-electron chi connectivity index (χ2n) is 8.48. The molecule has 3 aromatic rings. The number of rotatable bonds is 7. The number of aryl methyl sites for hydroxylation is 1. The van der Waals surface area contributed by atoms with E-state index in [4.69, 9.17) is 4.74 Å². The number of methoxy groups -OCH3 is 1. The van der Waals surface area contributed by atoms with Crippen molar-refractivity contribution in [2.45, 2.75) is 25.3 Å². The highest BCUT2D eigenvalue weighted by Crippen LogP contribution is 2.25. The van der Waals surface area contributed by atoms with E-state index in [1.807, 2.05) is 54.6 Å². The lowest BCUT2D eigenvalue weighted by atomic mass is 10.2. The van der Waals surface area contributed by atoms with Gasteiger partial charge in [0.15, 0.2) is 0 Å². The number of aromatic nitrogens is 2. The molecule has 1 aromatic heterocycles. The number of sulfonamides is 1. The lowest BCUT2D eigenvalue weighted by Gasteiger charge is -2.33. The maximum atomic E-state index is 13.5. The van der Waals surface area contributed by atoms with Crippen LogP contribution in [0.25, 0.3) is 6.08 Å². The van der Waals surface area contributed by atoms with Crippen LogP contribution in [0.3, 0.4) is 0 Å². The Hall–Kier alpha value is -3.43. The number of nitrogens with zero attached hydrogens (tertiary/aromatic N) is 4. The highest BCUT2D eigenvalue weighted by molar-refractivity contribution is 7.89. The molecule has 1 aliphatic heterocycles. The first-order valence-electron chi connectivity index (χ1n) is 11.5. The van der Waals surface area contributed by atoms with Crippen LogP contribution in [0.2, 0.25) is 0 Å². The van der Waals surface area contributed by atoms with Gasteiger partial charge in [-0.05, 0) is 43.2 Å². The third-order valence-corrected chi connectivity index (χ3v) is 8.32. The molecule has 184 valence electrons. The van der Waals surface area contributed by atoms with Crippen molar-refractivity contribution in [3.63, 3.8) is 0 Å². The third-order valence-electron chi connectivity index (χ3n) is 6.17. The first-order chi connectivity index (χ1) is 16.8. The molecule has 35 heavy (non-hydrogen) atoms. The van der Waals surface area contributed by atoms with Gasteiger partial charge in [0.25, 0.3) is 0 Å². The normalized spacial score (nSPS) is 15.0. The summed E-state index contributed by atoms with van der Waals surface area (Å²) < 4.78 is 35.3. The topological polar surface area (TPSA) is 84.7 Å². The molecule has 1 saturated heterocycles. The number of ether oxygens (including phenoxy) is 1. The van der Waals surface area contributed by atoms with E-state index in [2.05, 4.69) is 5.10 Å². The molecule has 2 heterocycles. The number of hydrogen-bond donors (Lipinski definition) is 0. The van der Waals surface area contributed by atoms with Gasteiger partial charge in [0, 0.05) is 32.3 Å². The van der Waals surface area contributed by atoms with Crippen molar-refractivity contribution in [1.29, 1.82) is 0 Å². The van der Waals surface area contributed by atoms with Crippen LogP contribution in [0.1, 0.15) is 22.5 Å². The highest BCUT2D eigenvalue weighted by Gasteiger charge is 2.33. The van der Waals surface area contributed by atoms with Crippen molar-refractivity contribution in [3.8, 4) is 5.75 Å². The number of amides is 1. The molecule has 0 spiro atoms. The quantitative estimate of drug-likeness (QED) is 0.471. The maximum absolute atomic E-state index is 13.5. The zero-order valence-electron chi connectivity index (χ0n) is 20.2. The maximum Gasteiger partial charge on any atom is 0.246 e. The zero-order chi connectivity index (χ0) is 25.0. The zero-order valence-corrected chi connectivity index (χ0v) is 21.0. The second kappa shape index (κ2) is 10.5. The summed E-state index contributed by atoms with van der Waals surface area (Å²) in [6.45, 7) is 5.18. The minimum Gasteiger partial charge on any atom is -0.497 e. The Morgan fingerprint density at radius 1 is 1.00 bits per heavy atom. The molecule has 0 radical (unpaired) electrons. The smallest absolute Gasteiger partial charge is 0.246 e. The number of carbonyl (C=O) groups excluding carboxylic acids is 1. The lowest BCUT2D eigenvalue weighted by Crippen LogP contribution is -2.50. The Balaban J connectivity index is 1.41. The van der Waals surface area contributed by atoms with Gasteiger partial charge in [0.05, 0.1) is 25.0 Å². The van der Waals surface area contributed by atoms with E-state index >= 15 is 0 Å². The summed E-state index contributed by atoms with van der Waals surface area (Å²) in [6, 6.07) is 17.2. The van der Waals surface area contributed by atoms with Crippen molar-refractivity contribution >= 4 is 22.0 Å². The van der Waals surface area contributed by atoms with E-state index in [1.165, 1.54) is 10.4 Å². The molecule has 1 amide bonds. The van der Waals surface area contributed by atoms with Crippen molar-refractivity contribution < 1.29 is 17.9 Å². The molecule has 0 saturated carbocycles. The van der Waals surface area contributed by atoms with Crippen LogP contribution < -0.4 is 4.74 Å². The van der Waals surface area contributed by atoms with Gasteiger partial charge in [-0.2, -0.15) is 9.40 Å². The SMILES string of the molecule is COc1ccc(C=CC(=O)N2CCN(S(=O)(=O)c3c(C)nn(Cc4ccccc4)c3C)CC2)cc1. The van der Waals surface area contributed by atoms with Gasteiger partial charge < -0.3 is 9.64 Å². The van der Waals surface area contributed by atoms with E-state index in [9.17, 15) is 13.2 Å². The molecule has 0 unspecified atom stereocenters. The summed E-state index contributed by atoms with van der Waals surface area (Å²) in [7, 11) is -2.12. The van der Waals surface area contributed by atoms with Crippen LogP contribution >= 0.6 is 0 Å². The van der Waals surface area contributed by atoms with E-state index in [0.29, 0.717) is 31.0 Å². The van der Waals surface area contributed by atoms with Gasteiger partial charge in [-0.25, -0.2) is 8.42 Å². The van der Waals surface area contributed by atoms with Gasteiger partial charge in [-0.1, -0.05) is 42.5 Å². The van der Waals surface area contributed by atoms with E-state index < -0.39 is 10.0 Å². The Labute approximate surface area is 206 Å². The fraction of sp³-hybridized carbons (Fsp3) is 0.308. The molecule has 0 aliphatic carbocycles. The largest absolute Gasteiger partial charge is 0.497 e. The molecule has 1 aliphatic rings. The van der Waals surface area contributed by atoms with Crippen LogP contribution in [-0.4, -0.2) is 66.6 Å². The summed E-state index contributed by atoms with van der Waals surface area (Å²) in [5.41, 5.74) is 3.04. The first-order valence-corrected chi connectivity index (χ1v) is 12.9. The van der Waals surface area contributed by atoms with E-state index in [1.54, 1.807) is 36.6 Å². The predicted molar refractivity (Wildman–Crippen MR) is 135 cm³/mol. The van der Waals surface area contributed by atoms with Crippen molar-refractivity contribution in [3.05, 3.63) is 83.2 Å². The molecule has 4 rings (SSSR count). The monoisotopic (exact) mass is 494 g/mol. The average Bonchev–Trinajstić information content (AvgIpc) is 3.16. The first kappa shape index (κ1) is 24.7. The predicted octanol–water partition coefficient (Wildman–Crippen LogP) is 3.10. The summed E-state index contributed by atoms with van der Waals surface area (Å²) in [4.78, 5) is 14.6. The van der Waals surface area contributed by atoms with Crippen LogP contribution in [0, 0.1) is 13.8 Å². The minimum atomic E-state index is -3.72. The summed E-state index contributed by atoms with van der Waals surface area (Å²) in [5, 5.41) is 4.50. The van der Waals surface area contributed by atoms with Crippen LogP contribution in [0.4, 0.5) is 0 Å². The molecule has 1 fully saturated rings. The summed E-state index contributed by atoms with van der Waals surface area (Å²) >= 11 is 0. The number of piperazine rings is 1. The highest BCUT2D eigenvalue weighted by atomic mass is 32.2. The third kappa shape index (κ3) is 5.47. The molecule has 0 bridgehead atoms. The van der Waals surface area contributed by atoms with Gasteiger partial charge in [0.1, 0.15) is 10.6 Å². The molecular weight excluding hydrogens is 464 g/mol. The van der Waals surface area contributed by atoms with Crippen molar-refractivity contribution in [2.75, 3.05) is 33.3 Å². The molecule has 9 heteroatoms. The van der Waals surface area contributed by atoms with Gasteiger partial charge >= 0.3 is 0 Å². The van der Waals surface area contributed by atoms with Gasteiger partial charge in [0.2, 0.25) is 15.9 Å². The lowest BCUT2D eigenvalue weighted by molar-refractivity contribution is -0.127. The second-order valence-corrected chi connectivity index (χ2v) is 10.4. The Morgan fingerprint density at radius 3 is 2.29 bits per heavy atom. The van der Waals surface area contributed by atoms with Crippen molar-refractivity contribution in [2.24, 2.45) is 0 Å². The fourth-order valence-corrected chi connectivity index (χ4v) is 6.03. The summed E-state index contributed by atoms with van der Waals surface area (Å²) in [5.74, 6) is 0.614. The van der Waals surface area contributed by atoms with E-state index in [0.717, 1.165) is 16.9 Å². The Bertz CT molecular complexity index is 1310. The number of benzene rings is 2. The van der Waals surface area contributed by atoms with Gasteiger partial charge in [-0.15, -0.1) is 0 Å².